The van der Waals surface area contributed by atoms with E-state index in [2.05, 4.69) is 20.6 Å². The van der Waals surface area contributed by atoms with Gasteiger partial charge < -0.3 is 25.6 Å². The normalized spacial score (nSPS) is 20.7. The number of aromatic nitrogens is 4. The summed E-state index contributed by atoms with van der Waals surface area (Å²) in [5.41, 5.74) is 2.83. The highest BCUT2D eigenvalue weighted by Gasteiger charge is 2.44. The third-order valence-corrected chi connectivity index (χ3v) is 10.2. The number of rotatable bonds is 11. The van der Waals surface area contributed by atoms with Crippen LogP contribution in [0.2, 0.25) is 0 Å². The van der Waals surface area contributed by atoms with E-state index in [0.717, 1.165) is 28.0 Å². The van der Waals surface area contributed by atoms with E-state index < -0.39 is 45.6 Å². The third-order valence-electron chi connectivity index (χ3n) is 7.26. The Bertz CT molecular complexity index is 1670. The molecule has 1 fully saturated rings. The maximum atomic E-state index is 13.3. The number of benzene rings is 1. The topological polar surface area (TPSA) is 159 Å². The van der Waals surface area contributed by atoms with Crippen LogP contribution in [0.3, 0.4) is 0 Å². The first-order valence-electron chi connectivity index (χ1n) is 13.6. The van der Waals surface area contributed by atoms with Crippen LogP contribution in [0.5, 0.6) is 0 Å². The lowest BCUT2D eigenvalue weighted by atomic mass is 10.1. The van der Waals surface area contributed by atoms with Gasteiger partial charge >= 0.3 is 0 Å². The van der Waals surface area contributed by atoms with Crippen LogP contribution < -0.4 is 10.6 Å². The number of aryl methyl sites for hydroxylation is 2. The average Bonchev–Trinajstić information content (AvgIpc) is 3.49. The number of pyridine rings is 1. The maximum absolute atomic E-state index is 13.3. The summed E-state index contributed by atoms with van der Waals surface area (Å²) in [6, 6.07) is 5.73. The van der Waals surface area contributed by atoms with Crippen LogP contribution in [0.4, 0.5) is 16.2 Å². The number of anilines is 2. The van der Waals surface area contributed by atoms with E-state index in [-0.39, 0.29) is 11.3 Å². The lowest BCUT2D eigenvalue weighted by molar-refractivity contribution is 0.0216. The average molecular weight is 617 g/mol. The number of hydrogen-bond donors (Lipinski definition) is 4. The number of ether oxygens (including phenoxy) is 1. The number of nitrogens with one attached hydrogen (secondary N) is 2. The monoisotopic (exact) mass is 616 g/mol. The van der Waals surface area contributed by atoms with E-state index in [4.69, 9.17) is 14.7 Å². The molecule has 1 aliphatic rings. The van der Waals surface area contributed by atoms with E-state index in [9.17, 15) is 23.0 Å². The summed E-state index contributed by atoms with van der Waals surface area (Å²) in [5, 5.41) is 28.9. The van der Waals surface area contributed by atoms with Gasteiger partial charge in [-0.25, -0.2) is 22.8 Å². The predicted octanol–water partition coefficient (Wildman–Crippen LogP) is 3.35. The molecule has 0 spiro atoms. The quantitative estimate of drug-likeness (QED) is 0.145. The zero-order valence-corrected chi connectivity index (χ0v) is 25.0. The highest BCUT2D eigenvalue weighted by atomic mass is 32.2. The van der Waals surface area contributed by atoms with Crippen molar-refractivity contribution in [2.24, 2.45) is 5.92 Å². The van der Waals surface area contributed by atoms with Gasteiger partial charge in [-0.1, -0.05) is 0 Å². The van der Waals surface area contributed by atoms with Gasteiger partial charge in [-0.15, -0.1) is 11.3 Å². The van der Waals surface area contributed by atoms with Gasteiger partial charge in [0, 0.05) is 25.3 Å². The second-order valence-electron chi connectivity index (χ2n) is 10.2. The van der Waals surface area contributed by atoms with Gasteiger partial charge in [0.1, 0.15) is 28.3 Å². The van der Waals surface area contributed by atoms with Crippen molar-refractivity contribution in [1.29, 1.82) is 0 Å². The second kappa shape index (κ2) is 12.5. The number of thiazole rings is 1. The smallest absolute Gasteiger partial charge is 0.224 e. The number of halogens is 1. The lowest BCUT2D eigenvalue weighted by Crippen LogP contribution is -2.36. The van der Waals surface area contributed by atoms with Crippen molar-refractivity contribution in [3.63, 3.8) is 0 Å². The molecule has 224 valence electrons. The molecule has 4 N–H and O–H groups in total. The molecule has 1 aliphatic carbocycles. The second-order valence-corrected chi connectivity index (χ2v) is 13.3. The Labute approximate surface area is 247 Å². The van der Waals surface area contributed by atoms with Crippen molar-refractivity contribution in [2.45, 2.75) is 50.3 Å². The molecular formula is C28H33FN6O5S2. The van der Waals surface area contributed by atoms with Crippen LogP contribution in [0, 0.1) is 25.6 Å². The molecule has 4 aromatic rings. The number of fused-ring (bicyclic) bond motifs is 1. The van der Waals surface area contributed by atoms with Gasteiger partial charge in [-0.2, -0.15) is 4.98 Å². The first-order chi connectivity index (χ1) is 20.1. The van der Waals surface area contributed by atoms with E-state index in [1.165, 1.54) is 23.5 Å². The molecule has 3 heterocycles. The number of nitrogens with zero attached hydrogens (tertiary/aromatic N) is 4. The first-order valence-corrected chi connectivity index (χ1v) is 16.1. The Hall–Kier alpha value is -3.30. The predicted molar refractivity (Wildman–Crippen MR) is 159 cm³/mol. The first kappa shape index (κ1) is 30.2. The summed E-state index contributed by atoms with van der Waals surface area (Å²) in [7, 11) is -3.84. The maximum Gasteiger partial charge on any atom is 0.224 e. The van der Waals surface area contributed by atoms with Gasteiger partial charge in [-0.05, 0) is 57.5 Å². The standard InChI is InChI=1S/C28H33FN6O5S2/c1-4-40-12-11-31-28-32-15(2)22(27-34-23-16(3)30-10-9-21(23)41-27)26(35-28)33-20-13-17(24(36)25(20)37)14-42(38,39)19-7-5-18(29)6-8-19/h5-10,17,20,24-25,36-37H,4,11-14H2,1-3H3,(H2,31,32,33,35)/t17-,20-,24-,25+/m1/s1. The Balaban J connectivity index is 1.44. The van der Waals surface area contributed by atoms with Crippen molar-refractivity contribution in [3.05, 3.63) is 53.7 Å². The van der Waals surface area contributed by atoms with Crippen molar-refractivity contribution in [3.8, 4) is 10.6 Å². The molecular weight excluding hydrogens is 583 g/mol. The third kappa shape index (κ3) is 6.37. The van der Waals surface area contributed by atoms with E-state index in [0.29, 0.717) is 47.8 Å². The van der Waals surface area contributed by atoms with Gasteiger partial charge in [0.15, 0.2) is 9.84 Å². The van der Waals surface area contributed by atoms with E-state index in [1.807, 2.05) is 26.8 Å². The number of aliphatic hydroxyl groups excluding tert-OH is 2. The zero-order chi connectivity index (χ0) is 30.0. The van der Waals surface area contributed by atoms with Crippen molar-refractivity contribution >= 4 is 43.2 Å². The van der Waals surface area contributed by atoms with E-state index in [1.54, 1.807) is 6.20 Å². The summed E-state index contributed by atoms with van der Waals surface area (Å²) in [6.45, 7) is 7.16. The molecule has 0 unspecified atom stereocenters. The molecule has 4 atom stereocenters. The van der Waals surface area contributed by atoms with Crippen LogP contribution in [0.25, 0.3) is 20.8 Å². The molecule has 1 saturated carbocycles. The van der Waals surface area contributed by atoms with Gasteiger partial charge in [-0.3, -0.25) is 4.98 Å². The van der Waals surface area contributed by atoms with Gasteiger partial charge in [0.05, 0.1) is 51.1 Å². The fourth-order valence-electron chi connectivity index (χ4n) is 5.11. The van der Waals surface area contributed by atoms with Crippen LogP contribution in [-0.4, -0.2) is 82.3 Å². The Morgan fingerprint density at radius 3 is 2.55 bits per heavy atom. The molecule has 42 heavy (non-hydrogen) atoms. The fourth-order valence-corrected chi connectivity index (χ4v) is 7.86. The van der Waals surface area contributed by atoms with E-state index >= 15 is 0 Å². The van der Waals surface area contributed by atoms with Gasteiger partial charge in [0.2, 0.25) is 5.95 Å². The molecule has 5 rings (SSSR count). The molecule has 1 aromatic carbocycles. The molecule has 0 amide bonds. The van der Waals surface area contributed by atoms with Crippen LogP contribution in [0.15, 0.2) is 41.4 Å². The lowest BCUT2D eigenvalue weighted by Gasteiger charge is -2.21. The van der Waals surface area contributed by atoms with Crippen LogP contribution in [0.1, 0.15) is 24.7 Å². The summed E-state index contributed by atoms with van der Waals surface area (Å²) >= 11 is 1.46. The largest absolute Gasteiger partial charge is 0.390 e. The van der Waals surface area contributed by atoms with Gasteiger partial charge in [0.25, 0.3) is 0 Å². The van der Waals surface area contributed by atoms with Crippen molar-refractivity contribution in [1.82, 2.24) is 19.9 Å². The molecule has 14 heteroatoms. The van der Waals surface area contributed by atoms with Crippen molar-refractivity contribution in [2.75, 3.05) is 36.1 Å². The molecule has 11 nitrogen and oxygen atoms in total. The molecule has 3 aromatic heterocycles. The Morgan fingerprint density at radius 1 is 1.07 bits per heavy atom. The number of sulfone groups is 1. The van der Waals surface area contributed by atoms with Crippen LogP contribution >= 0.6 is 11.3 Å². The number of aliphatic hydroxyl groups is 2. The molecule has 0 aliphatic heterocycles. The van der Waals surface area contributed by atoms with Crippen LogP contribution in [-0.2, 0) is 14.6 Å². The number of hydrogen-bond acceptors (Lipinski definition) is 12. The highest BCUT2D eigenvalue weighted by molar-refractivity contribution is 7.91. The summed E-state index contributed by atoms with van der Waals surface area (Å²) in [4.78, 5) is 18.4. The Kier molecular flexibility index (Phi) is 8.99. The minimum atomic E-state index is -3.84. The summed E-state index contributed by atoms with van der Waals surface area (Å²) < 4.78 is 45.7. The fraction of sp³-hybridized carbons (Fsp3) is 0.429. The SMILES string of the molecule is CCOCCNc1nc(C)c(-c2nc3c(C)nccc3s2)c(N[C@@H]2C[C@H](CS(=O)(=O)c3ccc(F)cc3)[C@@H](O)[C@H]2O)n1. The zero-order valence-electron chi connectivity index (χ0n) is 23.4. The Morgan fingerprint density at radius 2 is 1.83 bits per heavy atom. The molecule has 0 saturated heterocycles. The van der Waals surface area contributed by atoms with Crippen molar-refractivity contribution < 1.29 is 27.8 Å². The summed E-state index contributed by atoms with van der Waals surface area (Å²) in [5.74, 6) is -0.972. The summed E-state index contributed by atoms with van der Waals surface area (Å²) in [6.07, 6.45) is -0.688. The minimum absolute atomic E-state index is 0.0425. The highest BCUT2D eigenvalue weighted by Crippen LogP contribution is 2.39. The molecule has 0 radical (unpaired) electrons. The minimum Gasteiger partial charge on any atom is -0.390 e. The molecule has 0 bridgehead atoms.